The van der Waals surface area contributed by atoms with Gasteiger partial charge in [-0.1, -0.05) is 0 Å². The van der Waals surface area contributed by atoms with Gasteiger partial charge in [0.2, 0.25) is 0 Å². The van der Waals surface area contributed by atoms with Crippen molar-refractivity contribution < 1.29 is 5.21 Å². The van der Waals surface area contributed by atoms with E-state index >= 15 is 0 Å². The van der Waals surface area contributed by atoms with E-state index < -0.39 is 0 Å². The van der Waals surface area contributed by atoms with Crippen LogP contribution in [0.25, 0.3) is 11.4 Å². The molecule has 0 amide bonds. The van der Waals surface area contributed by atoms with Gasteiger partial charge in [-0.15, -0.1) is 9.94 Å². The van der Waals surface area contributed by atoms with Crippen LogP contribution in [0.15, 0.2) is 24.5 Å². The number of nitrogens with zero attached hydrogens (tertiary/aromatic N) is 3. The Balaban J connectivity index is 2.75. The van der Waals surface area contributed by atoms with Gasteiger partial charge < -0.3 is 5.21 Å². The molecule has 10 heavy (non-hydrogen) atoms. The first-order chi connectivity index (χ1) is 4.86. The highest BCUT2D eigenvalue weighted by molar-refractivity contribution is 5.54. The molecule has 0 aromatic rings. The summed E-state index contributed by atoms with van der Waals surface area (Å²) in [5, 5.41) is 12.5. The van der Waals surface area contributed by atoms with Crippen molar-refractivity contribution in [1.82, 2.24) is 14.9 Å². The van der Waals surface area contributed by atoms with Gasteiger partial charge in [0.15, 0.2) is 5.82 Å². The first-order valence-corrected chi connectivity index (χ1v) is 2.86. The molecule has 0 spiro atoms. The molecule has 0 atom stereocenters. The van der Waals surface area contributed by atoms with E-state index in [1.807, 2.05) is 6.07 Å². The first-order valence-electron chi connectivity index (χ1n) is 2.86. The molecular formula is C6H5N3O. The van der Waals surface area contributed by atoms with Crippen molar-refractivity contribution in [1.29, 1.82) is 0 Å². The van der Waals surface area contributed by atoms with Gasteiger partial charge >= 0.3 is 0 Å². The van der Waals surface area contributed by atoms with Crippen molar-refractivity contribution in [3.63, 3.8) is 0 Å². The largest absolute Gasteiger partial charge is 0.412 e. The van der Waals surface area contributed by atoms with Crippen LogP contribution >= 0.6 is 0 Å². The first kappa shape index (κ1) is 5.22. The van der Waals surface area contributed by atoms with Crippen LogP contribution in [0.4, 0.5) is 0 Å². The molecule has 4 heteroatoms. The Morgan fingerprint density at radius 2 is 2.30 bits per heavy atom. The quantitative estimate of drug-likeness (QED) is 0.539. The maximum Gasteiger partial charge on any atom is 0.183 e. The Labute approximate surface area is 57.0 Å². The van der Waals surface area contributed by atoms with Crippen LogP contribution in [0.1, 0.15) is 0 Å². The molecule has 0 unspecified atom stereocenters. The van der Waals surface area contributed by atoms with Gasteiger partial charge in [-0.2, -0.15) is 0 Å². The van der Waals surface area contributed by atoms with Gasteiger partial charge in [0, 0.05) is 11.8 Å². The van der Waals surface area contributed by atoms with Crippen LogP contribution in [0.2, 0.25) is 0 Å². The Hall–Kier alpha value is -1.58. The van der Waals surface area contributed by atoms with Gasteiger partial charge in [-0.3, -0.25) is 0 Å². The van der Waals surface area contributed by atoms with Crippen molar-refractivity contribution in [3.8, 4) is 11.4 Å². The molecule has 0 aromatic carbocycles. The Kier molecular flexibility index (Phi) is 0.887. The summed E-state index contributed by atoms with van der Waals surface area (Å²) < 4.78 is 0. The van der Waals surface area contributed by atoms with E-state index in [0.29, 0.717) is 5.82 Å². The Bertz CT molecular complexity index is 317. The third-order valence-electron chi connectivity index (χ3n) is 1.29. The number of fused-ring (bicyclic) bond motifs is 1. The van der Waals surface area contributed by atoms with E-state index in [1.54, 1.807) is 12.3 Å². The molecule has 2 heterocycles. The molecule has 0 saturated heterocycles. The minimum Gasteiger partial charge on any atom is -0.412 e. The van der Waals surface area contributed by atoms with Crippen molar-refractivity contribution >= 4 is 0 Å². The summed E-state index contributed by atoms with van der Waals surface area (Å²) in [7, 11) is 0. The SMILES string of the molecule is On1ccc2ccnc-2n1. The lowest BCUT2D eigenvalue weighted by atomic mass is 10.3. The Morgan fingerprint density at radius 3 is 3.20 bits per heavy atom. The minimum atomic E-state index is 0.560. The molecular weight excluding hydrogens is 130 g/mol. The molecule has 1 N–H and O–H groups in total. The Morgan fingerprint density at radius 1 is 1.40 bits per heavy atom. The fourth-order valence-electron chi connectivity index (χ4n) is 0.828. The van der Waals surface area contributed by atoms with Crippen LogP contribution < -0.4 is 0 Å². The minimum absolute atomic E-state index is 0.560. The maximum atomic E-state index is 8.81. The van der Waals surface area contributed by atoms with Crippen molar-refractivity contribution in [2.45, 2.75) is 0 Å². The summed E-state index contributed by atoms with van der Waals surface area (Å²) in [4.78, 5) is 4.63. The maximum absolute atomic E-state index is 8.81. The summed E-state index contributed by atoms with van der Waals surface area (Å²) >= 11 is 0. The summed E-state index contributed by atoms with van der Waals surface area (Å²) in [6.07, 6.45) is 3.11. The van der Waals surface area contributed by atoms with Gasteiger partial charge in [-0.05, 0) is 12.1 Å². The second kappa shape index (κ2) is 1.70. The molecule has 0 radical (unpaired) electrons. The predicted molar refractivity (Wildman–Crippen MR) is 33.8 cm³/mol. The van der Waals surface area contributed by atoms with Crippen molar-refractivity contribution in [3.05, 3.63) is 24.5 Å². The van der Waals surface area contributed by atoms with Crippen LogP contribution in [0, 0.1) is 0 Å². The lowest BCUT2D eigenvalue weighted by Crippen LogP contribution is -1.99. The fourth-order valence-corrected chi connectivity index (χ4v) is 0.828. The van der Waals surface area contributed by atoms with Gasteiger partial charge in [0.1, 0.15) is 0 Å². The highest BCUT2D eigenvalue weighted by atomic mass is 16.5. The molecule has 50 valence electrons. The molecule has 2 aliphatic rings. The topological polar surface area (TPSA) is 50.9 Å². The number of rotatable bonds is 0. The highest BCUT2D eigenvalue weighted by Gasteiger charge is 2.03. The zero-order valence-electron chi connectivity index (χ0n) is 5.10. The molecule has 0 aromatic heterocycles. The third kappa shape index (κ3) is 0.621. The predicted octanol–water partition coefficient (Wildman–Crippen LogP) is 0.620. The van der Waals surface area contributed by atoms with Crippen LogP contribution in [0.5, 0.6) is 0 Å². The van der Waals surface area contributed by atoms with Gasteiger partial charge in [-0.25, -0.2) is 4.98 Å². The van der Waals surface area contributed by atoms with Crippen LogP contribution in [0.3, 0.4) is 0 Å². The standard InChI is InChI=1S/C6H5N3O/c10-9-4-2-5-1-3-7-6(5)8-9/h1-4,10H. The molecule has 0 aliphatic carbocycles. The monoisotopic (exact) mass is 135 g/mol. The van der Waals surface area contributed by atoms with E-state index in [2.05, 4.69) is 10.1 Å². The van der Waals surface area contributed by atoms with E-state index in [-0.39, 0.29) is 0 Å². The summed E-state index contributed by atoms with van der Waals surface area (Å²) in [6.45, 7) is 0. The number of aromatic nitrogens is 3. The van der Waals surface area contributed by atoms with Crippen LogP contribution in [-0.4, -0.2) is 20.1 Å². The highest BCUT2D eigenvalue weighted by Crippen LogP contribution is 2.13. The summed E-state index contributed by atoms with van der Waals surface area (Å²) in [6, 6.07) is 3.58. The van der Waals surface area contributed by atoms with E-state index in [4.69, 9.17) is 5.21 Å². The van der Waals surface area contributed by atoms with Crippen molar-refractivity contribution in [2.24, 2.45) is 0 Å². The second-order valence-electron chi connectivity index (χ2n) is 1.96. The van der Waals surface area contributed by atoms with Crippen LogP contribution in [-0.2, 0) is 0 Å². The third-order valence-corrected chi connectivity index (χ3v) is 1.29. The average molecular weight is 135 g/mol. The molecule has 4 nitrogen and oxygen atoms in total. The van der Waals surface area contributed by atoms with Gasteiger partial charge in [0.25, 0.3) is 0 Å². The lowest BCUT2D eigenvalue weighted by molar-refractivity contribution is 0.144. The zero-order valence-corrected chi connectivity index (χ0v) is 5.10. The number of hydrogen-bond acceptors (Lipinski definition) is 3. The molecule has 0 fully saturated rings. The molecule has 2 rings (SSSR count). The van der Waals surface area contributed by atoms with Crippen molar-refractivity contribution in [2.75, 3.05) is 0 Å². The normalized spacial score (nSPS) is 10.4. The van der Waals surface area contributed by atoms with E-state index in [1.165, 1.54) is 6.20 Å². The molecule has 0 bridgehead atoms. The average Bonchev–Trinajstić information content (AvgIpc) is 2.33. The second-order valence-corrected chi connectivity index (χ2v) is 1.96. The zero-order chi connectivity index (χ0) is 6.97. The lowest BCUT2D eigenvalue weighted by Gasteiger charge is -1.96. The molecule has 0 saturated carbocycles. The fraction of sp³-hybridized carbons (Fsp3) is 0. The number of hydrogen-bond donors (Lipinski definition) is 1. The smallest absolute Gasteiger partial charge is 0.183 e. The van der Waals surface area contributed by atoms with E-state index in [0.717, 1.165) is 10.4 Å². The van der Waals surface area contributed by atoms with Gasteiger partial charge in [0.05, 0.1) is 6.20 Å². The molecule has 2 aliphatic heterocycles. The summed E-state index contributed by atoms with van der Waals surface area (Å²) in [5.41, 5.74) is 0.935. The summed E-state index contributed by atoms with van der Waals surface area (Å²) in [5.74, 6) is 0.560. The van der Waals surface area contributed by atoms with E-state index in [9.17, 15) is 0 Å².